The van der Waals surface area contributed by atoms with E-state index in [0.29, 0.717) is 10.7 Å². The predicted molar refractivity (Wildman–Crippen MR) is 87.0 cm³/mol. The normalized spacial score (nSPS) is 17.7. The number of hydrogen-bond acceptors (Lipinski definition) is 2. The molecule has 1 aliphatic heterocycles. The van der Waals surface area contributed by atoms with Crippen molar-refractivity contribution in [3.05, 3.63) is 28.9 Å². The minimum Gasteiger partial charge on any atom is -0.465 e. The molecule has 0 saturated carbocycles. The van der Waals surface area contributed by atoms with Crippen molar-refractivity contribution in [2.24, 2.45) is 0 Å². The average Bonchev–Trinajstić information content (AvgIpc) is 3.14. The number of carbonyl (C=O) groups is 1. The van der Waals surface area contributed by atoms with Crippen LogP contribution in [0.1, 0.15) is 26.5 Å². The van der Waals surface area contributed by atoms with E-state index in [0.717, 1.165) is 29.7 Å². The van der Waals surface area contributed by atoms with E-state index in [4.69, 9.17) is 21.4 Å². The topological polar surface area (TPSA) is 66.8 Å². The molecular formula is C16H19ClN2O3. The minimum absolute atomic E-state index is 0.161. The molecule has 1 aromatic heterocycles. The van der Waals surface area contributed by atoms with Crippen LogP contribution in [0.15, 0.2) is 18.2 Å². The maximum absolute atomic E-state index is 11.0. The number of anilines is 1. The highest BCUT2D eigenvalue weighted by Crippen LogP contribution is 2.41. The van der Waals surface area contributed by atoms with Gasteiger partial charge in [0.25, 0.3) is 0 Å². The number of ether oxygens (including phenoxy) is 1. The summed E-state index contributed by atoms with van der Waals surface area (Å²) in [6, 6.07) is 5.53. The second-order valence-electron chi connectivity index (χ2n) is 6.61. The van der Waals surface area contributed by atoms with Crippen molar-refractivity contribution in [1.29, 1.82) is 0 Å². The Kier molecular flexibility index (Phi) is 3.57. The number of amides is 1. The molecule has 1 atom stereocenters. The standard InChI is InChI=1S/C16H19ClN2O3/c1-16(2,3)14-13(17)12-10(18-15(20)21)5-4-6-11(12)19(14)7-9-8-22-9/h4-6,9,18H,7-8H2,1-3H3,(H,20,21). The molecule has 2 N–H and O–H groups in total. The predicted octanol–water partition coefficient (Wildman–Crippen LogP) is 4.08. The van der Waals surface area contributed by atoms with Crippen LogP contribution >= 0.6 is 11.6 Å². The van der Waals surface area contributed by atoms with E-state index in [1.54, 1.807) is 6.07 Å². The van der Waals surface area contributed by atoms with Gasteiger partial charge in [-0.25, -0.2) is 4.79 Å². The second-order valence-corrected chi connectivity index (χ2v) is 6.99. The molecule has 1 fully saturated rings. The highest BCUT2D eigenvalue weighted by atomic mass is 35.5. The van der Waals surface area contributed by atoms with Gasteiger partial charge in [-0.05, 0) is 12.1 Å². The van der Waals surface area contributed by atoms with Crippen LogP contribution in [0.25, 0.3) is 10.9 Å². The maximum atomic E-state index is 11.0. The third kappa shape index (κ3) is 2.66. The van der Waals surface area contributed by atoms with Gasteiger partial charge in [0.1, 0.15) is 0 Å². The van der Waals surface area contributed by atoms with Crippen LogP contribution in [0.3, 0.4) is 0 Å². The number of fused-ring (bicyclic) bond motifs is 1. The van der Waals surface area contributed by atoms with Crippen LogP contribution in [0.2, 0.25) is 5.02 Å². The molecule has 5 nitrogen and oxygen atoms in total. The summed E-state index contributed by atoms with van der Waals surface area (Å²) in [7, 11) is 0. The van der Waals surface area contributed by atoms with E-state index in [-0.39, 0.29) is 11.5 Å². The van der Waals surface area contributed by atoms with Crippen molar-refractivity contribution >= 4 is 34.3 Å². The van der Waals surface area contributed by atoms with Crippen LogP contribution in [0.4, 0.5) is 10.5 Å². The first kappa shape index (κ1) is 15.2. The van der Waals surface area contributed by atoms with Gasteiger partial charge in [0.2, 0.25) is 0 Å². The highest BCUT2D eigenvalue weighted by molar-refractivity contribution is 6.38. The van der Waals surface area contributed by atoms with E-state index in [2.05, 4.69) is 30.7 Å². The van der Waals surface area contributed by atoms with Crippen molar-refractivity contribution in [1.82, 2.24) is 4.57 Å². The zero-order valence-electron chi connectivity index (χ0n) is 12.8. The van der Waals surface area contributed by atoms with Gasteiger partial charge in [0.15, 0.2) is 0 Å². The molecule has 118 valence electrons. The molecule has 6 heteroatoms. The van der Waals surface area contributed by atoms with E-state index in [9.17, 15) is 4.79 Å². The molecule has 0 bridgehead atoms. The third-order valence-electron chi connectivity index (χ3n) is 3.77. The molecule has 1 aliphatic rings. The Morgan fingerprint density at radius 3 is 2.73 bits per heavy atom. The van der Waals surface area contributed by atoms with Gasteiger partial charge < -0.3 is 14.4 Å². The fraction of sp³-hybridized carbons (Fsp3) is 0.438. The summed E-state index contributed by atoms with van der Waals surface area (Å²) in [5.41, 5.74) is 2.28. The van der Waals surface area contributed by atoms with Crippen LogP contribution in [0.5, 0.6) is 0 Å². The first-order valence-corrected chi connectivity index (χ1v) is 7.59. The minimum atomic E-state index is -1.10. The van der Waals surface area contributed by atoms with Gasteiger partial charge in [0, 0.05) is 16.5 Å². The molecule has 1 amide bonds. The van der Waals surface area contributed by atoms with Crippen molar-refractivity contribution in [2.45, 2.75) is 38.8 Å². The highest BCUT2D eigenvalue weighted by Gasteiger charge is 2.31. The Morgan fingerprint density at radius 1 is 1.50 bits per heavy atom. The molecule has 0 aliphatic carbocycles. The van der Waals surface area contributed by atoms with Gasteiger partial charge in [-0.2, -0.15) is 0 Å². The van der Waals surface area contributed by atoms with Gasteiger partial charge in [-0.1, -0.05) is 38.4 Å². The molecule has 22 heavy (non-hydrogen) atoms. The summed E-state index contributed by atoms with van der Waals surface area (Å²) < 4.78 is 7.51. The van der Waals surface area contributed by atoms with Crippen molar-refractivity contribution in [3.8, 4) is 0 Å². The molecular weight excluding hydrogens is 304 g/mol. The number of benzene rings is 1. The lowest BCUT2D eigenvalue weighted by Crippen LogP contribution is -2.19. The summed E-state index contributed by atoms with van der Waals surface area (Å²) in [4.78, 5) is 11.0. The summed E-state index contributed by atoms with van der Waals surface area (Å²) in [6.45, 7) is 7.78. The number of carboxylic acid groups (broad SMARTS) is 1. The van der Waals surface area contributed by atoms with E-state index < -0.39 is 6.09 Å². The Labute approximate surface area is 133 Å². The van der Waals surface area contributed by atoms with E-state index >= 15 is 0 Å². The molecule has 2 aromatic rings. The van der Waals surface area contributed by atoms with Crippen molar-refractivity contribution < 1.29 is 14.6 Å². The van der Waals surface area contributed by atoms with Gasteiger partial charge >= 0.3 is 6.09 Å². The maximum Gasteiger partial charge on any atom is 0.409 e. The van der Waals surface area contributed by atoms with Gasteiger partial charge in [-0.15, -0.1) is 0 Å². The number of halogens is 1. The summed E-state index contributed by atoms with van der Waals surface area (Å²) in [5.74, 6) is 0. The number of hydrogen-bond donors (Lipinski definition) is 2. The third-order valence-corrected chi connectivity index (χ3v) is 4.14. The average molecular weight is 323 g/mol. The Bertz CT molecular complexity index is 742. The number of epoxide rings is 1. The first-order chi connectivity index (χ1) is 10.3. The van der Waals surface area contributed by atoms with Crippen LogP contribution in [0, 0.1) is 0 Å². The Hall–Kier alpha value is -1.72. The fourth-order valence-electron chi connectivity index (χ4n) is 2.87. The Morgan fingerprint density at radius 2 is 2.18 bits per heavy atom. The molecule has 0 spiro atoms. The lowest BCUT2D eigenvalue weighted by atomic mass is 9.91. The van der Waals surface area contributed by atoms with E-state index in [1.165, 1.54) is 0 Å². The lowest BCUT2D eigenvalue weighted by Gasteiger charge is -2.22. The lowest BCUT2D eigenvalue weighted by molar-refractivity contribution is 0.210. The molecule has 0 radical (unpaired) electrons. The SMILES string of the molecule is CC(C)(C)c1c(Cl)c2c(NC(=O)O)cccc2n1CC1CO1. The van der Waals surface area contributed by atoms with Gasteiger partial charge in [0.05, 0.1) is 35.5 Å². The largest absolute Gasteiger partial charge is 0.465 e. The first-order valence-electron chi connectivity index (χ1n) is 7.22. The summed E-state index contributed by atoms with van der Waals surface area (Å²) in [6.07, 6.45) is -0.886. The molecule has 1 unspecified atom stereocenters. The monoisotopic (exact) mass is 322 g/mol. The number of rotatable bonds is 3. The van der Waals surface area contributed by atoms with E-state index in [1.807, 2.05) is 12.1 Å². The Balaban J connectivity index is 2.27. The number of aromatic nitrogens is 1. The fourth-order valence-corrected chi connectivity index (χ4v) is 3.46. The van der Waals surface area contributed by atoms with Crippen LogP contribution in [-0.4, -0.2) is 28.5 Å². The van der Waals surface area contributed by atoms with Gasteiger partial charge in [-0.3, -0.25) is 5.32 Å². The number of nitrogens with one attached hydrogen (secondary N) is 1. The zero-order chi connectivity index (χ0) is 16.1. The molecule has 3 rings (SSSR count). The smallest absolute Gasteiger partial charge is 0.409 e. The zero-order valence-corrected chi connectivity index (χ0v) is 13.6. The summed E-state index contributed by atoms with van der Waals surface area (Å²) in [5, 5.41) is 12.8. The van der Waals surface area contributed by atoms with Crippen molar-refractivity contribution in [2.75, 3.05) is 11.9 Å². The van der Waals surface area contributed by atoms with Crippen LogP contribution in [-0.2, 0) is 16.7 Å². The summed E-state index contributed by atoms with van der Waals surface area (Å²) >= 11 is 6.64. The molecule has 2 heterocycles. The molecule has 1 aromatic carbocycles. The second kappa shape index (κ2) is 5.18. The van der Waals surface area contributed by atoms with Crippen LogP contribution < -0.4 is 5.32 Å². The number of nitrogens with zero attached hydrogens (tertiary/aromatic N) is 1. The quantitative estimate of drug-likeness (QED) is 0.837. The molecule has 1 saturated heterocycles. The van der Waals surface area contributed by atoms with Crippen molar-refractivity contribution in [3.63, 3.8) is 0 Å².